The molecular weight excluding hydrogens is 222 g/mol. The molecule has 3 heteroatoms. The predicted molar refractivity (Wildman–Crippen MR) is 78.9 cm³/mol. The maximum Gasteiger partial charge on any atom is 0.0987 e. The molecule has 100 valence electrons. The van der Waals surface area contributed by atoms with Gasteiger partial charge in [0.2, 0.25) is 0 Å². The molecule has 3 nitrogen and oxygen atoms in total. The molecule has 0 bridgehead atoms. The van der Waals surface area contributed by atoms with Crippen LogP contribution in [0.25, 0.3) is 0 Å². The van der Waals surface area contributed by atoms with Crippen LogP contribution in [0.2, 0.25) is 0 Å². The Labute approximate surface area is 111 Å². The molecule has 1 saturated heterocycles. The van der Waals surface area contributed by atoms with E-state index in [0.717, 1.165) is 10.2 Å². The summed E-state index contributed by atoms with van der Waals surface area (Å²) in [4.78, 5) is 2.55. The van der Waals surface area contributed by atoms with Gasteiger partial charge in [-0.3, -0.25) is 0 Å². The molecule has 1 fully saturated rings. The van der Waals surface area contributed by atoms with E-state index >= 15 is 0 Å². The average Bonchev–Trinajstić information content (AvgIpc) is 2.67. The molecule has 1 aliphatic rings. The van der Waals surface area contributed by atoms with Gasteiger partial charge in [-0.2, -0.15) is 0 Å². The minimum atomic E-state index is 0.660. The third-order valence-corrected chi connectivity index (χ3v) is 3.72. The standard InChI is InChI=1S/C15H26N3/c1-12-10-13(7-8-15(12)16)17-9-5-6-14(17)11-18(2,3)4/h7-8,10,14H,5-6,9,11,16H2,1-4H3/q+1. The molecular formula is C15H26N3+. The summed E-state index contributed by atoms with van der Waals surface area (Å²) in [5.41, 5.74) is 9.31. The summed E-state index contributed by atoms with van der Waals surface area (Å²) in [5, 5.41) is 0. The third kappa shape index (κ3) is 2.96. The van der Waals surface area contributed by atoms with Gasteiger partial charge in [0.05, 0.1) is 33.7 Å². The molecule has 0 spiro atoms. The highest BCUT2D eigenvalue weighted by molar-refractivity contribution is 5.58. The zero-order chi connectivity index (χ0) is 13.3. The Hall–Kier alpha value is -1.22. The van der Waals surface area contributed by atoms with Gasteiger partial charge >= 0.3 is 0 Å². The summed E-state index contributed by atoms with van der Waals surface area (Å²) in [5.74, 6) is 0. The fourth-order valence-corrected chi connectivity index (χ4v) is 2.84. The molecule has 0 amide bonds. The first-order valence-corrected chi connectivity index (χ1v) is 6.80. The number of rotatable bonds is 3. The first-order valence-electron chi connectivity index (χ1n) is 6.80. The van der Waals surface area contributed by atoms with Gasteiger partial charge in [-0.1, -0.05) is 0 Å². The van der Waals surface area contributed by atoms with Crippen molar-refractivity contribution >= 4 is 11.4 Å². The van der Waals surface area contributed by atoms with Gasteiger partial charge in [0.1, 0.15) is 0 Å². The number of anilines is 2. The van der Waals surface area contributed by atoms with E-state index in [-0.39, 0.29) is 0 Å². The van der Waals surface area contributed by atoms with Gasteiger partial charge in [0, 0.05) is 17.9 Å². The normalized spacial score (nSPS) is 20.4. The molecule has 18 heavy (non-hydrogen) atoms. The second kappa shape index (κ2) is 4.81. The van der Waals surface area contributed by atoms with Crippen molar-refractivity contribution in [3.8, 4) is 0 Å². The monoisotopic (exact) mass is 248 g/mol. The van der Waals surface area contributed by atoms with Crippen molar-refractivity contribution in [2.45, 2.75) is 25.8 Å². The molecule has 0 radical (unpaired) electrons. The van der Waals surface area contributed by atoms with Crippen LogP contribution in [-0.4, -0.2) is 44.8 Å². The van der Waals surface area contributed by atoms with Crippen LogP contribution in [0.15, 0.2) is 18.2 Å². The molecule has 1 unspecified atom stereocenters. The van der Waals surface area contributed by atoms with Crippen LogP contribution in [0.5, 0.6) is 0 Å². The van der Waals surface area contributed by atoms with Crippen LogP contribution in [0.1, 0.15) is 18.4 Å². The lowest BCUT2D eigenvalue weighted by atomic mass is 10.1. The summed E-state index contributed by atoms with van der Waals surface area (Å²) in [6.45, 7) is 4.46. The quantitative estimate of drug-likeness (QED) is 0.656. The first kappa shape index (κ1) is 13.2. The molecule has 2 rings (SSSR count). The number of nitrogens with zero attached hydrogens (tertiary/aromatic N) is 2. The van der Waals surface area contributed by atoms with E-state index in [1.165, 1.54) is 37.2 Å². The largest absolute Gasteiger partial charge is 0.399 e. The van der Waals surface area contributed by atoms with Crippen molar-refractivity contribution in [3.05, 3.63) is 23.8 Å². The van der Waals surface area contributed by atoms with E-state index in [4.69, 9.17) is 5.73 Å². The van der Waals surface area contributed by atoms with Gasteiger partial charge in [-0.05, 0) is 43.5 Å². The van der Waals surface area contributed by atoms with Gasteiger partial charge < -0.3 is 15.1 Å². The lowest BCUT2D eigenvalue weighted by molar-refractivity contribution is -0.871. The Morgan fingerprint density at radius 1 is 1.33 bits per heavy atom. The van der Waals surface area contributed by atoms with Gasteiger partial charge in [-0.25, -0.2) is 0 Å². The number of aryl methyl sites for hydroxylation is 1. The SMILES string of the molecule is Cc1cc(N2CCCC2C[N+](C)(C)C)ccc1N. The maximum atomic E-state index is 5.90. The lowest BCUT2D eigenvalue weighted by Crippen LogP contribution is -2.46. The lowest BCUT2D eigenvalue weighted by Gasteiger charge is -2.33. The number of hydrogen-bond acceptors (Lipinski definition) is 2. The second-order valence-corrected chi connectivity index (χ2v) is 6.50. The highest BCUT2D eigenvalue weighted by atomic mass is 15.3. The molecule has 0 aromatic heterocycles. The van der Waals surface area contributed by atoms with Crippen molar-refractivity contribution in [2.75, 3.05) is 44.9 Å². The van der Waals surface area contributed by atoms with Crippen LogP contribution in [0, 0.1) is 6.92 Å². The summed E-state index contributed by atoms with van der Waals surface area (Å²) in [6, 6.07) is 7.08. The summed E-state index contributed by atoms with van der Waals surface area (Å²) in [7, 11) is 6.81. The number of quaternary nitrogens is 1. The highest BCUT2D eigenvalue weighted by Crippen LogP contribution is 2.28. The fraction of sp³-hybridized carbons (Fsp3) is 0.600. The van der Waals surface area contributed by atoms with E-state index in [1.54, 1.807) is 0 Å². The van der Waals surface area contributed by atoms with Gasteiger partial charge in [0.25, 0.3) is 0 Å². The van der Waals surface area contributed by atoms with E-state index in [1.807, 2.05) is 6.07 Å². The van der Waals surface area contributed by atoms with Crippen LogP contribution >= 0.6 is 0 Å². The minimum Gasteiger partial charge on any atom is -0.399 e. The van der Waals surface area contributed by atoms with Crippen molar-refractivity contribution in [1.82, 2.24) is 0 Å². The van der Waals surface area contributed by atoms with Crippen LogP contribution < -0.4 is 10.6 Å². The third-order valence-electron chi connectivity index (χ3n) is 3.72. The zero-order valence-electron chi connectivity index (χ0n) is 12.1. The Morgan fingerprint density at radius 2 is 2.06 bits per heavy atom. The highest BCUT2D eigenvalue weighted by Gasteiger charge is 2.29. The molecule has 1 aliphatic heterocycles. The molecule has 1 aromatic rings. The molecule has 0 saturated carbocycles. The number of nitrogen functional groups attached to an aromatic ring is 1. The van der Waals surface area contributed by atoms with E-state index < -0.39 is 0 Å². The van der Waals surface area contributed by atoms with Crippen molar-refractivity contribution in [1.29, 1.82) is 0 Å². The van der Waals surface area contributed by atoms with Crippen molar-refractivity contribution < 1.29 is 4.48 Å². The van der Waals surface area contributed by atoms with E-state index in [0.29, 0.717) is 6.04 Å². The molecule has 1 atom stereocenters. The van der Waals surface area contributed by atoms with E-state index in [9.17, 15) is 0 Å². The molecule has 2 N–H and O–H groups in total. The van der Waals surface area contributed by atoms with Crippen LogP contribution in [-0.2, 0) is 0 Å². The van der Waals surface area contributed by atoms with Gasteiger partial charge in [0.15, 0.2) is 0 Å². The van der Waals surface area contributed by atoms with Crippen molar-refractivity contribution in [2.24, 2.45) is 0 Å². The van der Waals surface area contributed by atoms with Gasteiger partial charge in [-0.15, -0.1) is 0 Å². The maximum absolute atomic E-state index is 5.90. The second-order valence-electron chi connectivity index (χ2n) is 6.50. The minimum absolute atomic E-state index is 0.660. The van der Waals surface area contributed by atoms with Crippen LogP contribution in [0.3, 0.4) is 0 Å². The summed E-state index contributed by atoms with van der Waals surface area (Å²) >= 11 is 0. The number of nitrogens with two attached hydrogens (primary N) is 1. The molecule has 1 aromatic carbocycles. The molecule has 1 heterocycles. The molecule has 0 aliphatic carbocycles. The summed E-state index contributed by atoms with van der Waals surface area (Å²) in [6.07, 6.45) is 2.60. The Kier molecular flexibility index (Phi) is 3.53. The van der Waals surface area contributed by atoms with E-state index in [2.05, 4.69) is 45.1 Å². The fourth-order valence-electron chi connectivity index (χ4n) is 2.84. The summed E-state index contributed by atoms with van der Waals surface area (Å²) < 4.78 is 1.02. The number of hydrogen-bond donors (Lipinski definition) is 1. The van der Waals surface area contributed by atoms with Crippen molar-refractivity contribution in [3.63, 3.8) is 0 Å². The first-order chi connectivity index (χ1) is 8.37. The number of benzene rings is 1. The smallest absolute Gasteiger partial charge is 0.0987 e. The predicted octanol–water partition coefficient (Wildman–Crippen LogP) is 2.25. The zero-order valence-corrected chi connectivity index (χ0v) is 12.1. The van der Waals surface area contributed by atoms with Crippen LogP contribution in [0.4, 0.5) is 11.4 Å². The average molecular weight is 248 g/mol. The Bertz CT molecular complexity index is 420. The Balaban J connectivity index is 2.18. The Morgan fingerprint density at radius 3 is 2.67 bits per heavy atom. The number of likely N-dealkylation sites (N-methyl/N-ethyl adjacent to an activating group) is 1. The topological polar surface area (TPSA) is 29.3 Å².